The number of carbonyl (C=O) groups is 1. The summed E-state index contributed by atoms with van der Waals surface area (Å²) in [5.41, 5.74) is 1.25. The molecule has 1 aromatic carbocycles. The molecule has 0 aliphatic carbocycles. The molecule has 1 unspecified atom stereocenters. The summed E-state index contributed by atoms with van der Waals surface area (Å²) in [6, 6.07) is 4.07. The topological polar surface area (TPSA) is 41.1 Å². The molecule has 1 atom stereocenters. The fraction of sp³-hybridized carbons (Fsp3) is 0.250. The normalized spacial score (nSPS) is 20.0. The Morgan fingerprint density at radius 1 is 1.53 bits per heavy atom. The first-order valence-corrected chi connectivity index (χ1v) is 5.64. The number of benzene rings is 1. The van der Waals surface area contributed by atoms with Crippen LogP contribution in [0.3, 0.4) is 0 Å². The van der Waals surface area contributed by atoms with E-state index in [1.165, 1.54) is 12.1 Å². The van der Waals surface area contributed by atoms with E-state index < -0.39 is 0 Å². The molecule has 2 rings (SSSR count). The highest BCUT2D eigenvalue weighted by Gasteiger charge is 2.22. The van der Waals surface area contributed by atoms with Gasteiger partial charge in [0.15, 0.2) is 0 Å². The van der Waals surface area contributed by atoms with E-state index in [0.29, 0.717) is 29.2 Å². The van der Waals surface area contributed by atoms with Crippen molar-refractivity contribution in [3.8, 4) is 0 Å². The van der Waals surface area contributed by atoms with Crippen molar-refractivity contribution in [2.45, 2.75) is 18.9 Å². The lowest BCUT2D eigenvalue weighted by Crippen LogP contribution is -2.39. The predicted molar refractivity (Wildman–Crippen MR) is 65.3 cm³/mol. The molecule has 0 spiro atoms. The standard InChI is InChI=1S/C12H12ClFN2O/c1-7-10(4-5-12(17)15-7)16-11-3-2-8(14)6-9(11)13/h2-3,6,10,16H,1,4-5H2,(H,15,17). The lowest BCUT2D eigenvalue weighted by molar-refractivity contribution is -0.121. The van der Waals surface area contributed by atoms with Crippen LogP contribution in [0.1, 0.15) is 12.8 Å². The number of piperidine rings is 1. The molecule has 17 heavy (non-hydrogen) atoms. The molecule has 0 radical (unpaired) electrons. The summed E-state index contributed by atoms with van der Waals surface area (Å²) in [4.78, 5) is 11.1. The summed E-state index contributed by atoms with van der Waals surface area (Å²) in [7, 11) is 0. The number of carbonyl (C=O) groups excluding carboxylic acids is 1. The Kier molecular flexibility index (Phi) is 3.33. The van der Waals surface area contributed by atoms with Crippen LogP contribution < -0.4 is 10.6 Å². The Morgan fingerprint density at radius 2 is 2.29 bits per heavy atom. The molecule has 1 aliphatic heterocycles. The van der Waals surface area contributed by atoms with Gasteiger partial charge in [0.05, 0.1) is 16.8 Å². The maximum absolute atomic E-state index is 12.9. The highest BCUT2D eigenvalue weighted by atomic mass is 35.5. The number of amides is 1. The predicted octanol–water partition coefficient (Wildman–Crippen LogP) is 2.68. The van der Waals surface area contributed by atoms with Gasteiger partial charge in [-0.15, -0.1) is 0 Å². The van der Waals surface area contributed by atoms with E-state index in [2.05, 4.69) is 17.2 Å². The van der Waals surface area contributed by atoms with Crippen molar-refractivity contribution in [3.63, 3.8) is 0 Å². The van der Waals surface area contributed by atoms with Crippen LogP contribution in [0.4, 0.5) is 10.1 Å². The van der Waals surface area contributed by atoms with Crippen molar-refractivity contribution in [1.82, 2.24) is 5.32 Å². The zero-order valence-electron chi connectivity index (χ0n) is 9.09. The Morgan fingerprint density at radius 3 is 2.94 bits per heavy atom. The Bertz CT molecular complexity index is 476. The average molecular weight is 255 g/mol. The van der Waals surface area contributed by atoms with Crippen LogP contribution >= 0.6 is 11.6 Å². The summed E-state index contributed by atoms with van der Waals surface area (Å²) < 4.78 is 12.9. The molecule has 2 N–H and O–H groups in total. The second-order valence-electron chi connectivity index (χ2n) is 3.93. The first kappa shape index (κ1) is 11.9. The summed E-state index contributed by atoms with van der Waals surface area (Å²) in [6.07, 6.45) is 1.09. The minimum absolute atomic E-state index is 0.0294. The Balaban J connectivity index is 2.10. The zero-order valence-corrected chi connectivity index (χ0v) is 9.85. The molecule has 90 valence electrons. The summed E-state index contributed by atoms with van der Waals surface area (Å²) in [5, 5.41) is 6.12. The van der Waals surface area contributed by atoms with E-state index in [-0.39, 0.29) is 17.8 Å². The molecule has 1 aromatic rings. The first-order chi connectivity index (χ1) is 8.06. The highest BCUT2D eigenvalue weighted by molar-refractivity contribution is 6.33. The summed E-state index contributed by atoms with van der Waals surface area (Å²) in [6.45, 7) is 3.78. The van der Waals surface area contributed by atoms with Crippen LogP contribution in [-0.2, 0) is 4.79 Å². The molecule has 1 amide bonds. The Hall–Kier alpha value is -1.55. The van der Waals surface area contributed by atoms with Crippen LogP contribution in [0.5, 0.6) is 0 Å². The van der Waals surface area contributed by atoms with Crippen molar-refractivity contribution in [1.29, 1.82) is 0 Å². The molecule has 1 saturated heterocycles. The van der Waals surface area contributed by atoms with E-state index in [0.717, 1.165) is 0 Å². The van der Waals surface area contributed by atoms with Gasteiger partial charge in [-0.05, 0) is 24.6 Å². The minimum Gasteiger partial charge on any atom is -0.376 e. The number of hydrogen-bond donors (Lipinski definition) is 2. The maximum atomic E-state index is 12.9. The molecule has 1 heterocycles. The molecule has 0 bridgehead atoms. The van der Waals surface area contributed by atoms with E-state index in [4.69, 9.17) is 11.6 Å². The highest BCUT2D eigenvalue weighted by Crippen LogP contribution is 2.25. The van der Waals surface area contributed by atoms with Gasteiger partial charge in [-0.1, -0.05) is 18.2 Å². The number of nitrogens with one attached hydrogen (secondary N) is 2. The van der Waals surface area contributed by atoms with Gasteiger partial charge in [0, 0.05) is 12.1 Å². The molecule has 0 saturated carbocycles. The van der Waals surface area contributed by atoms with Crippen LogP contribution in [0.25, 0.3) is 0 Å². The first-order valence-electron chi connectivity index (χ1n) is 5.26. The van der Waals surface area contributed by atoms with E-state index in [9.17, 15) is 9.18 Å². The third kappa shape index (κ3) is 2.77. The van der Waals surface area contributed by atoms with Crippen molar-refractivity contribution >= 4 is 23.2 Å². The van der Waals surface area contributed by atoms with E-state index in [1.807, 2.05) is 0 Å². The van der Waals surface area contributed by atoms with Gasteiger partial charge in [-0.25, -0.2) is 4.39 Å². The number of halogens is 2. The van der Waals surface area contributed by atoms with Gasteiger partial charge in [-0.2, -0.15) is 0 Å². The van der Waals surface area contributed by atoms with Crippen molar-refractivity contribution in [2.75, 3.05) is 5.32 Å². The quantitative estimate of drug-likeness (QED) is 0.852. The Labute approximate surface area is 104 Å². The second kappa shape index (κ2) is 4.75. The number of hydrogen-bond acceptors (Lipinski definition) is 2. The van der Waals surface area contributed by atoms with Crippen molar-refractivity contribution < 1.29 is 9.18 Å². The molecule has 0 aromatic heterocycles. The average Bonchev–Trinajstić information content (AvgIpc) is 2.25. The van der Waals surface area contributed by atoms with Crippen LogP contribution in [0, 0.1) is 5.82 Å². The molecule has 1 aliphatic rings. The largest absolute Gasteiger partial charge is 0.376 e. The number of rotatable bonds is 2. The molecular formula is C12H12ClFN2O. The SMILES string of the molecule is C=C1NC(=O)CCC1Nc1ccc(F)cc1Cl. The zero-order chi connectivity index (χ0) is 12.4. The smallest absolute Gasteiger partial charge is 0.224 e. The number of anilines is 1. The lowest BCUT2D eigenvalue weighted by Gasteiger charge is -2.27. The van der Waals surface area contributed by atoms with Gasteiger partial charge in [-0.3, -0.25) is 4.79 Å². The molecule has 1 fully saturated rings. The monoisotopic (exact) mass is 254 g/mol. The third-order valence-electron chi connectivity index (χ3n) is 2.64. The van der Waals surface area contributed by atoms with Gasteiger partial charge in [0.1, 0.15) is 5.82 Å². The second-order valence-corrected chi connectivity index (χ2v) is 4.34. The van der Waals surface area contributed by atoms with Crippen LogP contribution in [-0.4, -0.2) is 11.9 Å². The van der Waals surface area contributed by atoms with Gasteiger partial charge >= 0.3 is 0 Å². The maximum Gasteiger partial charge on any atom is 0.224 e. The third-order valence-corrected chi connectivity index (χ3v) is 2.95. The molecule has 3 nitrogen and oxygen atoms in total. The fourth-order valence-electron chi connectivity index (χ4n) is 1.73. The lowest BCUT2D eigenvalue weighted by atomic mass is 10.0. The van der Waals surface area contributed by atoms with Crippen molar-refractivity contribution in [3.05, 3.63) is 41.3 Å². The van der Waals surface area contributed by atoms with E-state index >= 15 is 0 Å². The summed E-state index contributed by atoms with van der Waals surface area (Å²) >= 11 is 5.91. The van der Waals surface area contributed by atoms with Crippen LogP contribution in [0.15, 0.2) is 30.5 Å². The minimum atomic E-state index is -0.378. The molecular weight excluding hydrogens is 243 g/mol. The summed E-state index contributed by atoms with van der Waals surface area (Å²) in [5.74, 6) is -0.408. The van der Waals surface area contributed by atoms with Gasteiger partial charge in [0.2, 0.25) is 5.91 Å². The van der Waals surface area contributed by atoms with Crippen LogP contribution in [0.2, 0.25) is 5.02 Å². The van der Waals surface area contributed by atoms with Gasteiger partial charge in [0.25, 0.3) is 0 Å². The fourth-order valence-corrected chi connectivity index (χ4v) is 1.95. The molecule has 5 heteroatoms. The van der Waals surface area contributed by atoms with Gasteiger partial charge < -0.3 is 10.6 Å². The van der Waals surface area contributed by atoms with E-state index in [1.54, 1.807) is 6.07 Å². The van der Waals surface area contributed by atoms with Crippen molar-refractivity contribution in [2.24, 2.45) is 0 Å².